The molecule has 3 rings (SSSR count). The fraction of sp³-hybridized carbons (Fsp3) is 0.407. The summed E-state index contributed by atoms with van der Waals surface area (Å²) < 4.78 is 7.41. The summed E-state index contributed by atoms with van der Waals surface area (Å²) in [5.41, 5.74) is 2.95. The summed E-state index contributed by atoms with van der Waals surface area (Å²) in [6.07, 6.45) is 4.08. The Hall–Kier alpha value is -3.08. The van der Waals surface area contributed by atoms with Crippen molar-refractivity contribution in [3.8, 4) is 5.75 Å². The molecule has 1 amide bonds. The van der Waals surface area contributed by atoms with Crippen LogP contribution in [0.1, 0.15) is 61.1 Å². The van der Waals surface area contributed by atoms with Crippen LogP contribution in [0.25, 0.3) is 10.9 Å². The molecule has 0 fully saturated rings. The van der Waals surface area contributed by atoms with E-state index in [0.29, 0.717) is 16.9 Å². The summed E-state index contributed by atoms with van der Waals surface area (Å²) in [6, 6.07) is 15.0. The molecular weight excluding hydrogens is 400 g/mol. The Bertz CT molecular complexity index is 1060. The van der Waals surface area contributed by atoms with Crippen LogP contribution in [-0.4, -0.2) is 41.4 Å². The number of rotatable bonds is 11. The van der Waals surface area contributed by atoms with Gasteiger partial charge in [0.05, 0.1) is 18.2 Å². The topological polar surface area (TPSA) is 51.5 Å². The number of carbonyl (C=O) groups is 2. The van der Waals surface area contributed by atoms with Crippen molar-refractivity contribution in [1.82, 2.24) is 9.47 Å². The highest BCUT2D eigenvalue weighted by Gasteiger charge is 2.24. The number of carbonyl (C=O) groups excluding carboxylic acids is 2. The van der Waals surface area contributed by atoms with Crippen LogP contribution in [0, 0.1) is 6.92 Å². The maximum absolute atomic E-state index is 13.4. The molecule has 3 aromatic rings. The van der Waals surface area contributed by atoms with E-state index in [1.807, 2.05) is 64.9 Å². The lowest BCUT2D eigenvalue weighted by atomic mass is 10.0. The van der Waals surface area contributed by atoms with Gasteiger partial charge < -0.3 is 14.2 Å². The van der Waals surface area contributed by atoms with E-state index in [1.165, 1.54) is 0 Å². The Morgan fingerprint density at radius 3 is 2.22 bits per heavy atom. The van der Waals surface area contributed by atoms with Gasteiger partial charge >= 0.3 is 0 Å². The maximum atomic E-state index is 13.4. The number of hydrogen-bond acceptors (Lipinski definition) is 3. The normalized spacial score (nSPS) is 11.0. The Morgan fingerprint density at radius 1 is 0.969 bits per heavy atom. The number of amides is 1. The smallest absolute Gasteiger partial charge is 0.242 e. The predicted octanol–water partition coefficient (Wildman–Crippen LogP) is 5.62. The second-order valence-corrected chi connectivity index (χ2v) is 8.21. The number of nitrogens with zero attached hydrogens (tertiary/aromatic N) is 2. The second kappa shape index (κ2) is 11.0. The molecule has 0 radical (unpaired) electrons. The number of fused-ring (bicyclic) bond motifs is 1. The highest BCUT2D eigenvalue weighted by atomic mass is 16.5. The van der Waals surface area contributed by atoms with Crippen molar-refractivity contribution in [1.29, 1.82) is 0 Å². The van der Waals surface area contributed by atoms with Gasteiger partial charge in [-0.1, -0.05) is 57.0 Å². The summed E-state index contributed by atoms with van der Waals surface area (Å²) >= 11 is 0. The molecular formula is C27H34N2O3. The minimum Gasteiger partial charge on any atom is -0.497 e. The first-order valence-electron chi connectivity index (χ1n) is 11.6. The van der Waals surface area contributed by atoms with E-state index in [4.69, 9.17) is 4.74 Å². The molecule has 0 spiro atoms. The Morgan fingerprint density at radius 2 is 1.62 bits per heavy atom. The SMILES string of the molecule is CCCCN(CCCC)C(=O)Cn1c(C)c(C(=O)c2ccccc2)c2ccc(OC)cc21. The fourth-order valence-electron chi connectivity index (χ4n) is 4.10. The molecule has 0 aliphatic rings. The van der Waals surface area contributed by atoms with Gasteiger partial charge in [0.2, 0.25) is 5.91 Å². The maximum Gasteiger partial charge on any atom is 0.242 e. The van der Waals surface area contributed by atoms with Crippen LogP contribution in [0.2, 0.25) is 0 Å². The summed E-state index contributed by atoms with van der Waals surface area (Å²) in [7, 11) is 1.62. The number of aromatic nitrogens is 1. The van der Waals surface area contributed by atoms with Gasteiger partial charge in [-0.05, 0) is 31.9 Å². The fourth-order valence-corrected chi connectivity index (χ4v) is 4.10. The van der Waals surface area contributed by atoms with E-state index in [2.05, 4.69) is 13.8 Å². The average molecular weight is 435 g/mol. The highest BCUT2D eigenvalue weighted by Crippen LogP contribution is 2.31. The van der Waals surface area contributed by atoms with Gasteiger partial charge in [-0.15, -0.1) is 0 Å². The second-order valence-electron chi connectivity index (χ2n) is 8.21. The number of methoxy groups -OCH3 is 1. The molecule has 0 saturated heterocycles. The van der Waals surface area contributed by atoms with Crippen molar-refractivity contribution in [3.05, 3.63) is 65.4 Å². The summed E-state index contributed by atoms with van der Waals surface area (Å²) in [5.74, 6) is 0.767. The number of benzene rings is 2. The minimum atomic E-state index is -0.0294. The van der Waals surface area contributed by atoms with Crippen molar-refractivity contribution in [2.75, 3.05) is 20.2 Å². The van der Waals surface area contributed by atoms with Crippen molar-refractivity contribution < 1.29 is 14.3 Å². The zero-order valence-corrected chi connectivity index (χ0v) is 19.7. The van der Waals surface area contributed by atoms with Crippen LogP contribution in [0.3, 0.4) is 0 Å². The standard InChI is InChI=1S/C27H34N2O3/c1-5-7-16-28(17-8-6-2)25(30)19-29-20(3)26(27(31)21-12-10-9-11-13-21)23-15-14-22(32-4)18-24(23)29/h9-15,18H,5-8,16-17,19H2,1-4H3. The monoisotopic (exact) mass is 434 g/mol. The lowest BCUT2D eigenvalue weighted by Crippen LogP contribution is -2.35. The van der Waals surface area contributed by atoms with E-state index < -0.39 is 0 Å². The number of ether oxygens (including phenoxy) is 1. The van der Waals surface area contributed by atoms with Gasteiger partial charge in [0, 0.05) is 35.8 Å². The molecule has 5 nitrogen and oxygen atoms in total. The first-order chi connectivity index (χ1) is 15.5. The first kappa shape index (κ1) is 23.6. The van der Waals surface area contributed by atoms with Crippen LogP contribution in [-0.2, 0) is 11.3 Å². The predicted molar refractivity (Wildman–Crippen MR) is 129 cm³/mol. The van der Waals surface area contributed by atoms with Gasteiger partial charge in [-0.3, -0.25) is 9.59 Å². The van der Waals surface area contributed by atoms with Crippen LogP contribution >= 0.6 is 0 Å². The molecule has 5 heteroatoms. The van der Waals surface area contributed by atoms with Crippen LogP contribution < -0.4 is 4.74 Å². The first-order valence-corrected chi connectivity index (χ1v) is 11.6. The Labute approximate surface area is 191 Å². The molecule has 0 atom stereocenters. The third kappa shape index (κ3) is 5.04. The van der Waals surface area contributed by atoms with E-state index in [1.54, 1.807) is 7.11 Å². The molecule has 0 aliphatic carbocycles. The van der Waals surface area contributed by atoms with Gasteiger partial charge in [0.15, 0.2) is 5.78 Å². The van der Waals surface area contributed by atoms with Crippen LogP contribution in [0.4, 0.5) is 0 Å². The number of ketones is 1. The van der Waals surface area contributed by atoms with E-state index in [0.717, 1.165) is 55.4 Å². The Kier molecular flexibility index (Phi) is 8.09. The zero-order chi connectivity index (χ0) is 23.1. The van der Waals surface area contributed by atoms with Crippen LogP contribution in [0.15, 0.2) is 48.5 Å². The molecule has 0 saturated carbocycles. The molecule has 1 heterocycles. The number of unbranched alkanes of at least 4 members (excludes halogenated alkanes) is 2. The van der Waals surface area contributed by atoms with Crippen LogP contribution in [0.5, 0.6) is 5.75 Å². The largest absolute Gasteiger partial charge is 0.497 e. The third-order valence-corrected chi connectivity index (χ3v) is 6.00. The van der Waals surface area contributed by atoms with E-state index >= 15 is 0 Å². The third-order valence-electron chi connectivity index (χ3n) is 6.00. The van der Waals surface area contributed by atoms with Crippen molar-refractivity contribution in [2.45, 2.75) is 53.0 Å². The van der Waals surface area contributed by atoms with Crippen molar-refractivity contribution in [3.63, 3.8) is 0 Å². The van der Waals surface area contributed by atoms with Gasteiger partial charge in [0.1, 0.15) is 12.3 Å². The molecule has 32 heavy (non-hydrogen) atoms. The average Bonchev–Trinajstić information content (AvgIpc) is 3.09. The Balaban J connectivity index is 2.04. The van der Waals surface area contributed by atoms with Gasteiger partial charge in [-0.2, -0.15) is 0 Å². The summed E-state index contributed by atoms with van der Waals surface area (Å²) in [4.78, 5) is 28.7. The lowest BCUT2D eigenvalue weighted by molar-refractivity contribution is -0.132. The molecule has 0 bridgehead atoms. The molecule has 0 aliphatic heterocycles. The molecule has 170 valence electrons. The van der Waals surface area contributed by atoms with Gasteiger partial charge in [0.25, 0.3) is 0 Å². The van der Waals surface area contributed by atoms with Crippen molar-refractivity contribution >= 4 is 22.6 Å². The zero-order valence-electron chi connectivity index (χ0n) is 19.7. The van der Waals surface area contributed by atoms with E-state index in [-0.39, 0.29) is 18.2 Å². The summed E-state index contributed by atoms with van der Waals surface area (Å²) in [6.45, 7) is 7.96. The van der Waals surface area contributed by atoms with Crippen molar-refractivity contribution in [2.24, 2.45) is 0 Å². The summed E-state index contributed by atoms with van der Waals surface area (Å²) in [5, 5.41) is 0.846. The quantitative estimate of drug-likeness (QED) is 0.368. The molecule has 1 aromatic heterocycles. The van der Waals surface area contributed by atoms with Gasteiger partial charge in [-0.25, -0.2) is 0 Å². The minimum absolute atomic E-state index is 0.0294. The lowest BCUT2D eigenvalue weighted by Gasteiger charge is -2.23. The molecule has 0 N–H and O–H groups in total. The van der Waals surface area contributed by atoms with E-state index in [9.17, 15) is 9.59 Å². The number of hydrogen-bond donors (Lipinski definition) is 0. The molecule has 0 unspecified atom stereocenters. The molecule has 2 aromatic carbocycles. The highest BCUT2D eigenvalue weighted by molar-refractivity contribution is 6.17.